The minimum atomic E-state index is -4.51. The van der Waals surface area contributed by atoms with Crippen molar-refractivity contribution >= 4 is 27.8 Å². The van der Waals surface area contributed by atoms with Gasteiger partial charge in [-0.1, -0.05) is 18.2 Å². The van der Waals surface area contributed by atoms with Gasteiger partial charge in [0, 0.05) is 18.0 Å². The number of hydrogen-bond acceptors (Lipinski definition) is 5. The molecule has 2 heterocycles. The standard InChI is InChI=1S/C29H16F4N4O3/c30-23-11-17(4-7-22(23)26-36-24-8-5-20(29(31,32)33)12-25(24)37-26)19-13-34-28(35-14-19)40-21-6-3-15-9-18(27(38)39)2-1-16(15)10-21/h1-14H,(H,36,37)(H,38,39). The molecule has 11 heteroatoms. The largest absolute Gasteiger partial charge is 0.478 e. The SMILES string of the molecule is O=C(O)c1ccc2cc(Oc3ncc(-c4ccc(-c5nc6cc(C(F)(F)F)ccc6[nH]5)c(F)c4)cn3)ccc2c1. The smallest absolute Gasteiger partial charge is 0.416 e. The number of nitrogens with zero attached hydrogens (tertiary/aromatic N) is 3. The number of alkyl halides is 3. The lowest BCUT2D eigenvalue weighted by Crippen LogP contribution is -2.04. The molecule has 0 aliphatic heterocycles. The van der Waals surface area contributed by atoms with Gasteiger partial charge in [-0.3, -0.25) is 0 Å². The van der Waals surface area contributed by atoms with E-state index in [4.69, 9.17) is 9.84 Å². The summed E-state index contributed by atoms with van der Waals surface area (Å²) in [5, 5.41) is 10.7. The van der Waals surface area contributed by atoms with Crippen LogP contribution in [0, 0.1) is 5.82 Å². The maximum absolute atomic E-state index is 15.0. The second-order valence-corrected chi connectivity index (χ2v) is 8.89. The van der Waals surface area contributed by atoms with E-state index in [0.29, 0.717) is 22.4 Å². The van der Waals surface area contributed by atoms with Crippen LogP contribution >= 0.6 is 0 Å². The Bertz CT molecular complexity index is 1920. The minimum Gasteiger partial charge on any atom is -0.478 e. The summed E-state index contributed by atoms with van der Waals surface area (Å²) >= 11 is 0. The number of halogens is 4. The zero-order valence-corrected chi connectivity index (χ0v) is 20.2. The monoisotopic (exact) mass is 544 g/mol. The van der Waals surface area contributed by atoms with Gasteiger partial charge >= 0.3 is 18.2 Å². The number of imidazole rings is 1. The molecular weight excluding hydrogens is 528 g/mol. The van der Waals surface area contributed by atoms with Gasteiger partial charge in [0.05, 0.1) is 27.7 Å². The molecule has 0 fully saturated rings. The lowest BCUT2D eigenvalue weighted by atomic mass is 10.1. The van der Waals surface area contributed by atoms with Crippen LogP contribution in [0.15, 0.2) is 85.2 Å². The van der Waals surface area contributed by atoms with Crippen LogP contribution in [0.4, 0.5) is 17.6 Å². The third-order valence-electron chi connectivity index (χ3n) is 6.26. The molecule has 6 rings (SSSR count). The van der Waals surface area contributed by atoms with E-state index in [1.807, 2.05) is 0 Å². The third kappa shape index (κ3) is 4.80. The number of fused-ring (bicyclic) bond motifs is 2. The van der Waals surface area contributed by atoms with Gasteiger partial charge in [-0.25, -0.2) is 24.1 Å². The van der Waals surface area contributed by atoms with E-state index in [2.05, 4.69) is 19.9 Å². The summed E-state index contributed by atoms with van der Waals surface area (Å²) in [6.45, 7) is 0. The normalized spacial score (nSPS) is 11.7. The first-order valence-electron chi connectivity index (χ1n) is 11.8. The molecule has 2 aromatic heterocycles. The first-order chi connectivity index (χ1) is 19.1. The molecule has 4 aromatic carbocycles. The molecule has 0 spiro atoms. The molecule has 0 saturated heterocycles. The van der Waals surface area contributed by atoms with E-state index < -0.39 is 23.5 Å². The second-order valence-electron chi connectivity index (χ2n) is 8.89. The van der Waals surface area contributed by atoms with E-state index in [0.717, 1.165) is 22.9 Å². The first-order valence-corrected chi connectivity index (χ1v) is 11.8. The second kappa shape index (κ2) is 9.45. The van der Waals surface area contributed by atoms with Crippen LogP contribution in [0.1, 0.15) is 15.9 Å². The maximum atomic E-state index is 15.0. The molecule has 6 aromatic rings. The Labute approximate surface area is 222 Å². The molecule has 0 unspecified atom stereocenters. The highest BCUT2D eigenvalue weighted by Gasteiger charge is 2.30. The Morgan fingerprint density at radius 1 is 0.850 bits per heavy atom. The van der Waals surface area contributed by atoms with Crippen molar-refractivity contribution < 1.29 is 32.2 Å². The summed E-state index contributed by atoms with van der Waals surface area (Å²) in [7, 11) is 0. The van der Waals surface area contributed by atoms with Crippen molar-refractivity contribution in [3.05, 3.63) is 102 Å². The quantitative estimate of drug-likeness (QED) is 0.218. The summed E-state index contributed by atoms with van der Waals surface area (Å²) in [5.41, 5.74) is 0.861. The highest BCUT2D eigenvalue weighted by atomic mass is 19.4. The van der Waals surface area contributed by atoms with Crippen molar-refractivity contribution in [2.45, 2.75) is 6.18 Å². The molecule has 0 saturated carbocycles. The van der Waals surface area contributed by atoms with E-state index in [-0.39, 0.29) is 28.5 Å². The van der Waals surface area contributed by atoms with Gasteiger partial charge in [0.2, 0.25) is 0 Å². The van der Waals surface area contributed by atoms with Crippen LogP contribution < -0.4 is 4.74 Å². The number of carboxylic acid groups (broad SMARTS) is 1. The molecule has 40 heavy (non-hydrogen) atoms. The highest BCUT2D eigenvalue weighted by Crippen LogP contribution is 2.33. The number of ether oxygens (including phenoxy) is 1. The zero-order valence-electron chi connectivity index (χ0n) is 20.2. The van der Waals surface area contributed by atoms with E-state index in [1.54, 1.807) is 36.4 Å². The fourth-order valence-electron chi connectivity index (χ4n) is 4.24. The lowest BCUT2D eigenvalue weighted by molar-refractivity contribution is -0.137. The maximum Gasteiger partial charge on any atom is 0.416 e. The van der Waals surface area contributed by atoms with E-state index >= 15 is 4.39 Å². The number of nitrogens with one attached hydrogen (secondary N) is 1. The van der Waals surface area contributed by atoms with Crippen molar-refractivity contribution in [1.29, 1.82) is 0 Å². The average molecular weight is 544 g/mol. The van der Waals surface area contributed by atoms with Gasteiger partial charge in [-0.15, -0.1) is 0 Å². The fraction of sp³-hybridized carbons (Fsp3) is 0.0345. The molecule has 0 amide bonds. The number of hydrogen-bond donors (Lipinski definition) is 2. The van der Waals surface area contributed by atoms with Gasteiger partial charge in [-0.05, 0) is 70.9 Å². The number of aromatic amines is 1. The topological polar surface area (TPSA) is 101 Å². The minimum absolute atomic E-state index is 0.0582. The number of H-pyrrole nitrogens is 1. The molecule has 0 atom stereocenters. The van der Waals surface area contributed by atoms with E-state index in [9.17, 15) is 18.0 Å². The molecule has 0 aliphatic rings. The molecule has 0 aliphatic carbocycles. The first kappa shape index (κ1) is 25.0. The predicted octanol–water partition coefficient (Wildman–Crippen LogP) is 7.49. The number of carboxylic acids is 1. The van der Waals surface area contributed by atoms with Crippen LogP contribution in [0.5, 0.6) is 11.8 Å². The predicted molar refractivity (Wildman–Crippen MR) is 138 cm³/mol. The van der Waals surface area contributed by atoms with E-state index in [1.165, 1.54) is 36.7 Å². The summed E-state index contributed by atoms with van der Waals surface area (Å²) < 4.78 is 59.8. The van der Waals surface area contributed by atoms with Crippen molar-refractivity contribution in [2.24, 2.45) is 0 Å². The fourth-order valence-corrected chi connectivity index (χ4v) is 4.24. The summed E-state index contributed by atoms with van der Waals surface area (Å²) in [6.07, 6.45) is -1.57. The number of carbonyl (C=O) groups is 1. The molecule has 7 nitrogen and oxygen atoms in total. The highest BCUT2D eigenvalue weighted by molar-refractivity contribution is 5.94. The summed E-state index contributed by atoms with van der Waals surface area (Å²) in [6, 6.07) is 17.4. The zero-order chi connectivity index (χ0) is 28.0. The van der Waals surface area contributed by atoms with Crippen LogP contribution in [-0.4, -0.2) is 31.0 Å². The molecule has 198 valence electrons. The van der Waals surface area contributed by atoms with Crippen LogP contribution in [0.25, 0.3) is 44.3 Å². The number of benzene rings is 4. The summed E-state index contributed by atoms with van der Waals surface area (Å²) in [5.74, 6) is -1.09. The van der Waals surface area contributed by atoms with Crippen molar-refractivity contribution in [3.63, 3.8) is 0 Å². The van der Waals surface area contributed by atoms with Gasteiger partial charge in [0.25, 0.3) is 0 Å². The Kier molecular flexibility index (Phi) is 5.91. The number of aromatic carboxylic acids is 1. The van der Waals surface area contributed by atoms with Gasteiger partial charge in [0.1, 0.15) is 17.4 Å². The van der Waals surface area contributed by atoms with Crippen molar-refractivity contribution in [1.82, 2.24) is 19.9 Å². The van der Waals surface area contributed by atoms with Crippen LogP contribution in [-0.2, 0) is 6.18 Å². The average Bonchev–Trinajstić information content (AvgIpc) is 3.36. The van der Waals surface area contributed by atoms with Crippen molar-refractivity contribution in [3.8, 4) is 34.3 Å². The molecule has 0 radical (unpaired) electrons. The van der Waals surface area contributed by atoms with Crippen molar-refractivity contribution in [2.75, 3.05) is 0 Å². The lowest BCUT2D eigenvalue weighted by Gasteiger charge is -2.07. The Morgan fingerprint density at radius 2 is 1.60 bits per heavy atom. The van der Waals surface area contributed by atoms with Gasteiger partial charge in [-0.2, -0.15) is 13.2 Å². The Morgan fingerprint density at radius 3 is 2.33 bits per heavy atom. The molecular formula is C29H16F4N4O3. The molecule has 2 N–H and O–H groups in total. The van der Waals surface area contributed by atoms with Crippen LogP contribution in [0.3, 0.4) is 0 Å². The van der Waals surface area contributed by atoms with Gasteiger partial charge < -0.3 is 14.8 Å². The molecule has 0 bridgehead atoms. The Hall–Kier alpha value is -5.32. The number of rotatable bonds is 5. The van der Waals surface area contributed by atoms with Gasteiger partial charge in [0.15, 0.2) is 0 Å². The Balaban J connectivity index is 1.21. The number of aromatic nitrogens is 4. The summed E-state index contributed by atoms with van der Waals surface area (Å²) in [4.78, 5) is 26.5. The third-order valence-corrected chi connectivity index (χ3v) is 6.26. The van der Waals surface area contributed by atoms with Crippen LogP contribution in [0.2, 0.25) is 0 Å².